The van der Waals surface area contributed by atoms with Gasteiger partial charge in [-0.2, -0.15) is 0 Å². The molecule has 0 atom stereocenters. The molecule has 0 spiro atoms. The fourth-order valence-corrected chi connectivity index (χ4v) is 0.155. The fourth-order valence-electron chi connectivity index (χ4n) is 0.155. The molecule has 0 aliphatic heterocycles. The predicted octanol–water partition coefficient (Wildman–Crippen LogP) is 0.0838. The molecule has 41 valence electrons. The van der Waals surface area contributed by atoms with Crippen molar-refractivity contribution in [1.29, 1.82) is 0 Å². The molecular weight excluding hydrogens is 96.0 g/mol. The van der Waals surface area contributed by atoms with E-state index in [4.69, 9.17) is 5.11 Å². The van der Waals surface area contributed by atoms with E-state index in [-0.39, 0.29) is 12.6 Å². The quantitative estimate of drug-likeness (QED) is 0.503. The Hall–Kier alpha value is -0.570. The molecule has 0 saturated heterocycles. The maximum absolute atomic E-state index is 9.85. The number of carbonyl (C=O) groups excluding carboxylic acids is 1. The minimum absolute atomic E-state index is 0.0185. The summed E-state index contributed by atoms with van der Waals surface area (Å²) in [7, 11) is 0. The highest BCUT2D eigenvalue weighted by molar-refractivity contribution is 5.65. The molecule has 3 heteroatoms. The Morgan fingerprint density at radius 1 is 2.00 bits per heavy atom. The molecule has 1 N–H and O–H groups in total. The van der Waals surface area contributed by atoms with E-state index in [1.807, 2.05) is 0 Å². The van der Waals surface area contributed by atoms with Gasteiger partial charge in [-0.05, 0) is 0 Å². The maximum atomic E-state index is 9.85. The summed E-state index contributed by atoms with van der Waals surface area (Å²) in [6.45, 7) is 2.04. The Bertz CT molecular complexity index is 60.0. The number of hydrogen-bond acceptors (Lipinski definition) is 3. The lowest BCUT2D eigenvalue weighted by Crippen LogP contribution is -1.99. The second-order valence-corrected chi connectivity index (χ2v) is 0.985. The SMILES string of the molecule is CC(=O)OC[CH]O. The molecule has 0 aromatic rings. The Kier molecular flexibility index (Phi) is 3.32. The topological polar surface area (TPSA) is 46.5 Å². The maximum Gasteiger partial charge on any atom is 0.302 e. The van der Waals surface area contributed by atoms with Crippen LogP contribution in [0.4, 0.5) is 0 Å². The van der Waals surface area contributed by atoms with Gasteiger partial charge in [0, 0.05) is 6.92 Å². The van der Waals surface area contributed by atoms with Crippen molar-refractivity contribution in [3.05, 3.63) is 6.61 Å². The van der Waals surface area contributed by atoms with Gasteiger partial charge >= 0.3 is 5.97 Å². The lowest BCUT2D eigenvalue weighted by atomic mass is 10.7. The van der Waals surface area contributed by atoms with Gasteiger partial charge in [0.15, 0.2) is 0 Å². The standard InChI is InChI=1S/C4H7O3/c1-4(6)7-3-2-5/h2,5H,3H2,1H3. The number of hydrogen-bond donors (Lipinski definition) is 1. The first kappa shape index (κ1) is 6.43. The van der Waals surface area contributed by atoms with E-state index in [1.54, 1.807) is 0 Å². The third-order valence-corrected chi connectivity index (χ3v) is 0.361. The fraction of sp³-hybridized carbons (Fsp3) is 0.500. The van der Waals surface area contributed by atoms with E-state index in [0.717, 1.165) is 6.61 Å². The highest BCUT2D eigenvalue weighted by Gasteiger charge is 1.86. The number of aliphatic hydroxyl groups excluding tert-OH is 1. The Labute approximate surface area is 41.9 Å². The predicted molar refractivity (Wildman–Crippen MR) is 22.9 cm³/mol. The molecule has 0 aromatic heterocycles. The van der Waals surface area contributed by atoms with E-state index in [1.165, 1.54) is 6.92 Å². The monoisotopic (exact) mass is 103 g/mol. The molecular formula is C4H7O3. The van der Waals surface area contributed by atoms with E-state index in [2.05, 4.69) is 4.74 Å². The van der Waals surface area contributed by atoms with Crippen LogP contribution in [0.1, 0.15) is 6.92 Å². The molecule has 1 radical (unpaired) electrons. The second kappa shape index (κ2) is 3.61. The average Bonchev–Trinajstić information content (AvgIpc) is 1.61. The molecule has 0 aliphatic carbocycles. The van der Waals surface area contributed by atoms with Crippen LogP contribution in [0, 0.1) is 6.61 Å². The van der Waals surface area contributed by atoms with Gasteiger partial charge in [0.2, 0.25) is 0 Å². The van der Waals surface area contributed by atoms with E-state index < -0.39 is 0 Å². The summed E-state index contributed by atoms with van der Waals surface area (Å²) in [4.78, 5) is 9.85. The van der Waals surface area contributed by atoms with E-state index >= 15 is 0 Å². The number of aliphatic hydroxyl groups is 1. The minimum Gasteiger partial charge on any atom is -0.463 e. The van der Waals surface area contributed by atoms with E-state index in [0.29, 0.717) is 0 Å². The van der Waals surface area contributed by atoms with Gasteiger partial charge in [-0.25, -0.2) is 0 Å². The summed E-state index contributed by atoms with van der Waals surface area (Å²) in [6, 6.07) is 0. The van der Waals surface area contributed by atoms with Crippen LogP contribution in [0.2, 0.25) is 0 Å². The van der Waals surface area contributed by atoms with Gasteiger partial charge < -0.3 is 9.84 Å². The van der Waals surface area contributed by atoms with Crippen molar-refractivity contribution in [3.8, 4) is 0 Å². The van der Waals surface area contributed by atoms with Crippen molar-refractivity contribution in [2.45, 2.75) is 6.92 Å². The number of esters is 1. The van der Waals surface area contributed by atoms with Crippen LogP contribution in [0.3, 0.4) is 0 Å². The molecule has 0 bridgehead atoms. The van der Waals surface area contributed by atoms with Gasteiger partial charge in [-0.3, -0.25) is 4.79 Å². The molecule has 3 nitrogen and oxygen atoms in total. The highest BCUT2D eigenvalue weighted by Crippen LogP contribution is 1.74. The van der Waals surface area contributed by atoms with Crippen molar-refractivity contribution in [1.82, 2.24) is 0 Å². The first-order valence-electron chi connectivity index (χ1n) is 1.86. The van der Waals surface area contributed by atoms with Gasteiger partial charge in [0.1, 0.15) is 13.2 Å². The summed E-state index contributed by atoms with van der Waals surface area (Å²) < 4.78 is 4.25. The van der Waals surface area contributed by atoms with Crippen molar-refractivity contribution < 1.29 is 14.6 Å². The van der Waals surface area contributed by atoms with Crippen LogP contribution in [0.25, 0.3) is 0 Å². The zero-order chi connectivity index (χ0) is 5.70. The van der Waals surface area contributed by atoms with Crippen LogP contribution in [-0.4, -0.2) is 17.7 Å². The second-order valence-electron chi connectivity index (χ2n) is 0.985. The first-order valence-corrected chi connectivity index (χ1v) is 1.86. The molecule has 7 heavy (non-hydrogen) atoms. The largest absolute Gasteiger partial charge is 0.463 e. The minimum atomic E-state index is -0.384. The van der Waals surface area contributed by atoms with Gasteiger partial charge in [0.25, 0.3) is 0 Å². The zero-order valence-electron chi connectivity index (χ0n) is 4.05. The molecule has 0 heterocycles. The van der Waals surface area contributed by atoms with Crippen LogP contribution in [-0.2, 0) is 9.53 Å². The lowest BCUT2D eigenvalue weighted by molar-refractivity contribution is -0.140. The highest BCUT2D eigenvalue weighted by atomic mass is 16.5. The van der Waals surface area contributed by atoms with Crippen molar-refractivity contribution in [3.63, 3.8) is 0 Å². The van der Waals surface area contributed by atoms with E-state index in [9.17, 15) is 4.79 Å². The first-order chi connectivity index (χ1) is 3.27. The third-order valence-electron chi connectivity index (χ3n) is 0.361. The summed E-state index contributed by atoms with van der Waals surface area (Å²) >= 11 is 0. The number of ether oxygens (including phenoxy) is 1. The summed E-state index contributed by atoms with van der Waals surface area (Å²) in [5.74, 6) is -0.384. The summed E-state index contributed by atoms with van der Waals surface area (Å²) in [6.07, 6.45) is 0. The Balaban J connectivity index is 2.82. The van der Waals surface area contributed by atoms with Crippen molar-refractivity contribution >= 4 is 5.97 Å². The molecule has 0 amide bonds. The summed E-state index contributed by atoms with van der Waals surface area (Å²) in [5, 5.41) is 7.91. The molecule has 0 fully saturated rings. The zero-order valence-corrected chi connectivity index (χ0v) is 4.05. The van der Waals surface area contributed by atoms with Crippen molar-refractivity contribution in [2.24, 2.45) is 0 Å². The average molecular weight is 103 g/mol. The van der Waals surface area contributed by atoms with Crippen LogP contribution in [0.15, 0.2) is 0 Å². The van der Waals surface area contributed by atoms with Crippen LogP contribution >= 0.6 is 0 Å². The smallest absolute Gasteiger partial charge is 0.302 e. The molecule has 0 aromatic carbocycles. The number of rotatable bonds is 2. The molecule has 0 rings (SSSR count). The molecule has 0 unspecified atom stereocenters. The molecule has 0 aliphatic rings. The van der Waals surface area contributed by atoms with Gasteiger partial charge in [-0.1, -0.05) is 0 Å². The lowest BCUT2D eigenvalue weighted by Gasteiger charge is -1.92. The number of carbonyl (C=O) groups is 1. The third kappa shape index (κ3) is 5.43. The molecule has 0 saturated carbocycles. The van der Waals surface area contributed by atoms with Crippen LogP contribution < -0.4 is 0 Å². The van der Waals surface area contributed by atoms with Gasteiger partial charge in [0.05, 0.1) is 0 Å². The Morgan fingerprint density at radius 2 is 2.57 bits per heavy atom. The normalized spacial score (nSPS) is 8.29. The van der Waals surface area contributed by atoms with Gasteiger partial charge in [-0.15, -0.1) is 0 Å². The van der Waals surface area contributed by atoms with Crippen LogP contribution in [0.5, 0.6) is 0 Å². The summed E-state index contributed by atoms with van der Waals surface area (Å²) in [5.41, 5.74) is 0. The Morgan fingerprint density at radius 3 is 2.71 bits per heavy atom. The van der Waals surface area contributed by atoms with Crippen molar-refractivity contribution in [2.75, 3.05) is 6.61 Å².